The number of nitrogens with zero attached hydrogens (tertiary/aromatic N) is 2. The SMILES string of the molecule is COc1cc(C2c3c(-c4c(C)cc(C)cc4O)n[nH]c3C(=O)N2Cc2ccc(F)cc2)ccc1O. The standard InChI is InChI=1S/C27H24FN3O4/c1-14-10-15(2)22(20(33)11-14)24-23-25(30-29-24)27(34)31(13-16-4-7-18(28)8-5-16)26(23)17-6-9-19(32)21(12-17)35-3/h4-12,26,32-33H,13H2,1-3H3,(H,29,30). The predicted molar refractivity (Wildman–Crippen MR) is 128 cm³/mol. The van der Waals surface area contributed by atoms with Crippen LogP contribution in [0.5, 0.6) is 17.2 Å². The number of aromatic nitrogens is 2. The summed E-state index contributed by atoms with van der Waals surface area (Å²) in [5.74, 6) is -0.314. The van der Waals surface area contributed by atoms with Crippen molar-refractivity contribution >= 4 is 5.91 Å². The molecule has 1 amide bonds. The third-order valence-corrected chi connectivity index (χ3v) is 6.35. The van der Waals surface area contributed by atoms with Crippen LogP contribution in [0, 0.1) is 19.7 Å². The zero-order chi connectivity index (χ0) is 24.9. The van der Waals surface area contributed by atoms with Gasteiger partial charge in [-0.2, -0.15) is 5.10 Å². The van der Waals surface area contributed by atoms with E-state index in [2.05, 4.69) is 10.2 Å². The number of aromatic amines is 1. The van der Waals surface area contributed by atoms with Crippen LogP contribution in [0.4, 0.5) is 4.39 Å². The largest absolute Gasteiger partial charge is 0.507 e. The Morgan fingerprint density at radius 1 is 1.06 bits per heavy atom. The Balaban J connectivity index is 1.70. The fraction of sp³-hybridized carbons (Fsp3) is 0.185. The van der Waals surface area contributed by atoms with Crippen LogP contribution in [0.2, 0.25) is 0 Å². The molecule has 0 radical (unpaired) electrons. The summed E-state index contributed by atoms with van der Waals surface area (Å²) in [5.41, 5.74) is 5.13. The van der Waals surface area contributed by atoms with Gasteiger partial charge in [-0.1, -0.05) is 24.3 Å². The van der Waals surface area contributed by atoms with Crippen molar-refractivity contribution in [3.63, 3.8) is 0 Å². The van der Waals surface area contributed by atoms with E-state index in [1.54, 1.807) is 35.2 Å². The van der Waals surface area contributed by atoms with Crippen LogP contribution in [-0.2, 0) is 6.54 Å². The molecule has 1 atom stereocenters. The van der Waals surface area contributed by atoms with Gasteiger partial charge >= 0.3 is 0 Å². The molecule has 1 aliphatic heterocycles. The van der Waals surface area contributed by atoms with E-state index in [0.717, 1.165) is 16.7 Å². The Labute approximate surface area is 201 Å². The first-order valence-electron chi connectivity index (χ1n) is 11.1. The van der Waals surface area contributed by atoms with Gasteiger partial charge in [-0.15, -0.1) is 0 Å². The molecule has 2 heterocycles. The summed E-state index contributed by atoms with van der Waals surface area (Å²) in [5, 5.41) is 28.3. The molecule has 7 nitrogen and oxygen atoms in total. The number of hydrogen-bond acceptors (Lipinski definition) is 5. The average molecular weight is 474 g/mol. The Kier molecular flexibility index (Phi) is 5.43. The first-order valence-corrected chi connectivity index (χ1v) is 11.1. The normalized spacial score (nSPS) is 14.9. The van der Waals surface area contributed by atoms with Crippen LogP contribution in [-0.4, -0.2) is 38.3 Å². The number of nitrogens with one attached hydrogen (secondary N) is 1. The van der Waals surface area contributed by atoms with Gasteiger partial charge in [-0.3, -0.25) is 9.89 Å². The highest BCUT2D eigenvalue weighted by atomic mass is 19.1. The molecule has 1 unspecified atom stereocenters. The summed E-state index contributed by atoms with van der Waals surface area (Å²) < 4.78 is 18.8. The van der Waals surface area contributed by atoms with Gasteiger partial charge in [-0.05, 0) is 66.4 Å². The third kappa shape index (κ3) is 3.77. The molecule has 4 aromatic rings. The number of phenols is 2. The van der Waals surface area contributed by atoms with Crippen molar-refractivity contribution in [3.05, 3.63) is 93.9 Å². The minimum absolute atomic E-state index is 0.0228. The zero-order valence-electron chi connectivity index (χ0n) is 19.5. The van der Waals surface area contributed by atoms with Gasteiger partial charge in [0.1, 0.15) is 23.0 Å². The number of H-pyrrole nitrogens is 1. The molecule has 0 aliphatic carbocycles. The number of benzene rings is 3. The van der Waals surface area contributed by atoms with E-state index in [1.807, 2.05) is 19.9 Å². The summed E-state index contributed by atoms with van der Waals surface area (Å²) in [6.45, 7) is 3.99. The Bertz CT molecular complexity index is 1420. The summed E-state index contributed by atoms with van der Waals surface area (Å²) in [4.78, 5) is 15.2. The van der Waals surface area contributed by atoms with Crippen molar-refractivity contribution in [2.75, 3.05) is 7.11 Å². The van der Waals surface area contributed by atoms with Crippen LogP contribution < -0.4 is 4.74 Å². The fourth-order valence-corrected chi connectivity index (χ4v) is 4.80. The van der Waals surface area contributed by atoms with Crippen molar-refractivity contribution < 1.29 is 24.1 Å². The second-order valence-electron chi connectivity index (χ2n) is 8.73. The highest BCUT2D eigenvalue weighted by Crippen LogP contribution is 2.47. The first-order chi connectivity index (χ1) is 16.8. The molecule has 5 rings (SSSR count). The van der Waals surface area contributed by atoms with Gasteiger partial charge in [0.2, 0.25) is 0 Å². The number of carbonyl (C=O) groups is 1. The van der Waals surface area contributed by atoms with Crippen LogP contribution in [0.25, 0.3) is 11.3 Å². The second-order valence-corrected chi connectivity index (χ2v) is 8.73. The zero-order valence-corrected chi connectivity index (χ0v) is 19.5. The van der Waals surface area contributed by atoms with E-state index in [0.29, 0.717) is 28.1 Å². The number of fused-ring (bicyclic) bond motifs is 1. The fourth-order valence-electron chi connectivity index (χ4n) is 4.80. The van der Waals surface area contributed by atoms with Crippen molar-refractivity contribution in [1.82, 2.24) is 15.1 Å². The number of halogens is 1. The molecule has 1 aliphatic rings. The Hall–Kier alpha value is -4.33. The molecule has 35 heavy (non-hydrogen) atoms. The lowest BCUT2D eigenvalue weighted by Gasteiger charge is -2.27. The monoisotopic (exact) mass is 473 g/mol. The molecule has 8 heteroatoms. The Morgan fingerprint density at radius 3 is 2.49 bits per heavy atom. The van der Waals surface area contributed by atoms with Crippen molar-refractivity contribution in [2.45, 2.75) is 26.4 Å². The minimum atomic E-state index is -0.592. The van der Waals surface area contributed by atoms with Gasteiger partial charge in [-0.25, -0.2) is 4.39 Å². The maximum absolute atomic E-state index is 13.6. The van der Waals surface area contributed by atoms with E-state index in [1.165, 1.54) is 25.3 Å². The number of aryl methyl sites for hydroxylation is 2. The van der Waals surface area contributed by atoms with E-state index >= 15 is 0 Å². The molecule has 0 spiro atoms. The van der Waals surface area contributed by atoms with Crippen molar-refractivity contribution in [3.8, 4) is 28.5 Å². The first kappa shape index (κ1) is 22.5. The molecule has 1 aromatic heterocycles. The maximum Gasteiger partial charge on any atom is 0.273 e. The molecule has 0 saturated carbocycles. The van der Waals surface area contributed by atoms with E-state index in [-0.39, 0.29) is 35.5 Å². The van der Waals surface area contributed by atoms with Crippen molar-refractivity contribution in [2.24, 2.45) is 0 Å². The summed E-state index contributed by atoms with van der Waals surface area (Å²) in [6, 6.07) is 13.9. The second kappa shape index (κ2) is 8.47. The number of amides is 1. The van der Waals surface area contributed by atoms with E-state index < -0.39 is 6.04 Å². The number of methoxy groups -OCH3 is 1. The lowest BCUT2D eigenvalue weighted by molar-refractivity contribution is 0.0730. The van der Waals surface area contributed by atoms with Crippen LogP contribution in [0.15, 0.2) is 54.6 Å². The average Bonchev–Trinajstić information content (AvgIpc) is 3.34. The number of ether oxygens (including phenoxy) is 1. The summed E-state index contributed by atoms with van der Waals surface area (Å²) in [6.07, 6.45) is 0. The van der Waals surface area contributed by atoms with Crippen molar-refractivity contribution in [1.29, 1.82) is 0 Å². The molecule has 3 N–H and O–H groups in total. The summed E-state index contributed by atoms with van der Waals surface area (Å²) in [7, 11) is 1.46. The highest BCUT2D eigenvalue weighted by molar-refractivity contribution is 6.00. The molecular weight excluding hydrogens is 449 g/mol. The molecule has 0 bridgehead atoms. The Morgan fingerprint density at radius 2 is 1.80 bits per heavy atom. The lowest BCUT2D eigenvalue weighted by Crippen LogP contribution is -2.29. The van der Waals surface area contributed by atoms with Gasteiger partial charge in [0.05, 0.1) is 13.2 Å². The maximum atomic E-state index is 13.6. The van der Waals surface area contributed by atoms with Gasteiger partial charge in [0, 0.05) is 17.7 Å². The quantitative estimate of drug-likeness (QED) is 0.379. The van der Waals surface area contributed by atoms with E-state index in [9.17, 15) is 19.4 Å². The number of rotatable bonds is 5. The van der Waals surface area contributed by atoms with Crippen LogP contribution >= 0.6 is 0 Å². The molecule has 178 valence electrons. The van der Waals surface area contributed by atoms with E-state index in [4.69, 9.17) is 4.74 Å². The van der Waals surface area contributed by atoms with Crippen LogP contribution in [0.1, 0.15) is 44.3 Å². The molecule has 0 saturated heterocycles. The summed E-state index contributed by atoms with van der Waals surface area (Å²) >= 11 is 0. The smallest absolute Gasteiger partial charge is 0.273 e. The van der Waals surface area contributed by atoms with Crippen LogP contribution in [0.3, 0.4) is 0 Å². The molecular formula is C27H24FN3O4. The molecule has 3 aromatic carbocycles. The number of hydrogen-bond donors (Lipinski definition) is 3. The minimum Gasteiger partial charge on any atom is -0.507 e. The number of aromatic hydroxyl groups is 2. The van der Waals surface area contributed by atoms with Gasteiger partial charge < -0.3 is 19.8 Å². The van der Waals surface area contributed by atoms with Gasteiger partial charge in [0.25, 0.3) is 5.91 Å². The highest BCUT2D eigenvalue weighted by Gasteiger charge is 2.43. The lowest BCUT2D eigenvalue weighted by atomic mass is 9.93. The van der Waals surface area contributed by atoms with Gasteiger partial charge in [0.15, 0.2) is 11.5 Å². The number of carbonyl (C=O) groups excluding carboxylic acids is 1. The third-order valence-electron chi connectivity index (χ3n) is 6.35. The predicted octanol–water partition coefficient (Wildman–Crippen LogP) is 5.00. The molecule has 0 fully saturated rings. The topological polar surface area (TPSA) is 98.7 Å². The number of phenolic OH excluding ortho intramolecular Hbond substituents is 2.